The van der Waals surface area contributed by atoms with E-state index in [-0.39, 0.29) is 11.7 Å². The van der Waals surface area contributed by atoms with Crippen molar-refractivity contribution in [1.82, 2.24) is 9.80 Å². The highest BCUT2D eigenvalue weighted by atomic mass is 19.1. The number of anilines is 1. The highest BCUT2D eigenvalue weighted by molar-refractivity contribution is 5.77. The largest absolute Gasteiger partial charge is 0.367 e. The van der Waals surface area contributed by atoms with Gasteiger partial charge in [-0.15, -0.1) is 6.58 Å². The molecule has 1 aromatic carbocycles. The van der Waals surface area contributed by atoms with Gasteiger partial charge in [-0.2, -0.15) is 0 Å². The first-order chi connectivity index (χ1) is 11.7. The number of hydrogen-bond donors (Lipinski definition) is 0. The lowest BCUT2D eigenvalue weighted by atomic mass is 10.0. The molecule has 0 aliphatic carbocycles. The van der Waals surface area contributed by atoms with E-state index in [9.17, 15) is 9.18 Å². The highest BCUT2D eigenvalue weighted by Gasteiger charge is 2.30. The SMILES string of the molecule is C=CCC(=O)N1CCC[C@@H](N2CCN(c3ccccc3F)CC2)C1. The average Bonchev–Trinajstić information content (AvgIpc) is 2.63. The lowest BCUT2D eigenvalue weighted by molar-refractivity contribution is -0.132. The number of likely N-dealkylation sites (tertiary alicyclic amines) is 1. The van der Waals surface area contributed by atoms with Crippen molar-refractivity contribution >= 4 is 11.6 Å². The van der Waals surface area contributed by atoms with E-state index in [0.717, 1.165) is 52.1 Å². The molecule has 1 aromatic rings. The molecule has 0 aromatic heterocycles. The quantitative estimate of drug-likeness (QED) is 0.793. The van der Waals surface area contributed by atoms with Gasteiger partial charge in [-0.3, -0.25) is 9.69 Å². The summed E-state index contributed by atoms with van der Waals surface area (Å²) in [4.78, 5) is 18.6. The van der Waals surface area contributed by atoms with Crippen LogP contribution in [0.1, 0.15) is 19.3 Å². The molecule has 0 radical (unpaired) electrons. The Morgan fingerprint density at radius 2 is 1.96 bits per heavy atom. The van der Waals surface area contributed by atoms with E-state index in [1.165, 1.54) is 6.07 Å². The maximum absolute atomic E-state index is 13.9. The Balaban J connectivity index is 1.55. The monoisotopic (exact) mass is 331 g/mol. The molecule has 1 atom stereocenters. The maximum Gasteiger partial charge on any atom is 0.226 e. The Morgan fingerprint density at radius 3 is 2.67 bits per heavy atom. The Morgan fingerprint density at radius 1 is 1.21 bits per heavy atom. The van der Waals surface area contributed by atoms with Crippen LogP contribution < -0.4 is 4.90 Å². The predicted molar refractivity (Wildman–Crippen MR) is 94.6 cm³/mol. The molecule has 0 saturated carbocycles. The molecule has 2 aliphatic heterocycles. The van der Waals surface area contributed by atoms with Crippen LogP contribution in [-0.4, -0.2) is 61.0 Å². The molecule has 3 rings (SSSR count). The van der Waals surface area contributed by atoms with E-state index in [2.05, 4.69) is 16.4 Å². The molecule has 24 heavy (non-hydrogen) atoms. The number of piperidine rings is 1. The number of rotatable bonds is 4. The van der Waals surface area contributed by atoms with E-state index in [1.54, 1.807) is 12.1 Å². The summed E-state index contributed by atoms with van der Waals surface area (Å²) in [5.41, 5.74) is 0.698. The minimum Gasteiger partial charge on any atom is -0.367 e. The van der Waals surface area contributed by atoms with E-state index < -0.39 is 0 Å². The molecule has 5 heteroatoms. The first kappa shape index (κ1) is 17.0. The third-order valence-corrected chi connectivity index (χ3v) is 5.09. The third kappa shape index (κ3) is 3.78. The van der Waals surface area contributed by atoms with Crippen molar-refractivity contribution in [2.75, 3.05) is 44.2 Å². The molecule has 130 valence electrons. The zero-order valence-corrected chi connectivity index (χ0v) is 14.2. The first-order valence-corrected chi connectivity index (χ1v) is 8.81. The number of nitrogens with zero attached hydrogens (tertiary/aromatic N) is 3. The number of halogens is 1. The van der Waals surface area contributed by atoms with Crippen LogP contribution >= 0.6 is 0 Å². The summed E-state index contributed by atoms with van der Waals surface area (Å²) >= 11 is 0. The summed E-state index contributed by atoms with van der Waals surface area (Å²) in [7, 11) is 0. The van der Waals surface area contributed by atoms with Gasteiger partial charge in [0.25, 0.3) is 0 Å². The minimum atomic E-state index is -0.148. The Bertz CT molecular complexity index is 584. The standard InChI is InChI=1S/C19H26FN3O/c1-2-6-19(24)23-10-5-7-16(15-23)21-11-13-22(14-12-21)18-9-4-3-8-17(18)20/h2-4,8-9,16H,1,5-7,10-15H2/t16-/m1/s1. The second-order valence-electron chi connectivity index (χ2n) is 6.60. The van der Waals surface area contributed by atoms with E-state index in [4.69, 9.17) is 0 Å². The second-order valence-corrected chi connectivity index (χ2v) is 6.60. The van der Waals surface area contributed by atoms with Crippen LogP contribution in [0.15, 0.2) is 36.9 Å². The van der Waals surface area contributed by atoms with Crippen molar-refractivity contribution < 1.29 is 9.18 Å². The van der Waals surface area contributed by atoms with Gasteiger partial charge < -0.3 is 9.80 Å². The second kappa shape index (κ2) is 7.79. The van der Waals surface area contributed by atoms with Gasteiger partial charge in [-0.1, -0.05) is 18.2 Å². The van der Waals surface area contributed by atoms with Crippen LogP contribution in [0.2, 0.25) is 0 Å². The van der Waals surface area contributed by atoms with Gasteiger partial charge in [0.2, 0.25) is 5.91 Å². The fourth-order valence-corrected chi connectivity index (χ4v) is 3.77. The van der Waals surface area contributed by atoms with E-state index >= 15 is 0 Å². The fourth-order valence-electron chi connectivity index (χ4n) is 3.77. The van der Waals surface area contributed by atoms with Crippen molar-refractivity contribution in [2.45, 2.75) is 25.3 Å². The normalized spacial score (nSPS) is 22.5. The summed E-state index contributed by atoms with van der Waals surface area (Å²) in [6.07, 6.45) is 4.30. The van der Waals surface area contributed by atoms with Gasteiger partial charge in [0.15, 0.2) is 0 Å². The van der Waals surface area contributed by atoms with Gasteiger partial charge in [-0.25, -0.2) is 4.39 Å². The van der Waals surface area contributed by atoms with Gasteiger partial charge in [0, 0.05) is 51.7 Å². The van der Waals surface area contributed by atoms with Crippen LogP contribution in [0.4, 0.5) is 10.1 Å². The first-order valence-electron chi connectivity index (χ1n) is 8.81. The van der Waals surface area contributed by atoms with Crippen molar-refractivity contribution in [3.63, 3.8) is 0 Å². The zero-order chi connectivity index (χ0) is 16.9. The molecular weight excluding hydrogens is 305 g/mol. The Kier molecular flexibility index (Phi) is 5.51. The molecule has 2 fully saturated rings. The number of para-hydroxylation sites is 1. The number of hydrogen-bond acceptors (Lipinski definition) is 3. The molecule has 0 unspecified atom stereocenters. The molecule has 2 saturated heterocycles. The van der Waals surface area contributed by atoms with Crippen LogP contribution in [-0.2, 0) is 4.79 Å². The predicted octanol–water partition coefficient (Wildman–Crippen LogP) is 2.51. The summed E-state index contributed by atoms with van der Waals surface area (Å²) in [5.74, 6) is 0.0319. The molecule has 2 aliphatic rings. The van der Waals surface area contributed by atoms with Crippen LogP contribution in [0.25, 0.3) is 0 Å². The number of carbonyl (C=O) groups excluding carboxylic acids is 1. The van der Waals surface area contributed by atoms with Crippen LogP contribution in [0, 0.1) is 5.82 Å². The summed E-state index contributed by atoms with van der Waals surface area (Å²) in [5, 5.41) is 0. The molecule has 4 nitrogen and oxygen atoms in total. The maximum atomic E-state index is 13.9. The minimum absolute atomic E-state index is 0.148. The number of amides is 1. The highest BCUT2D eigenvalue weighted by Crippen LogP contribution is 2.23. The van der Waals surface area contributed by atoms with E-state index in [1.807, 2.05) is 17.0 Å². The number of benzene rings is 1. The van der Waals surface area contributed by atoms with Gasteiger partial charge in [0.05, 0.1) is 5.69 Å². The number of carbonyl (C=O) groups is 1. The van der Waals surface area contributed by atoms with Crippen LogP contribution in [0.5, 0.6) is 0 Å². The lowest BCUT2D eigenvalue weighted by Crippen LogP contribution is -2.56. The lowest BCUT2D eigenvalue weighted by Gasteiger charge is -2.44. The van der Waals surface area contributed by atoms with Gasteiger partial charge >= 0.3 is 0 Å². The van der Waals surface area contributed by atoms with Crippen LogP contribution in [0.3, 0.4) is 0 Å². The molecule has 1 amide bonds. The van der Waals surface area contributed by atoms with E-state index in [0.29, 0.717) is 18.2 Å². The summed E-state index contributed by atoms with van der Waals surface area (Å²) in [6.45, 7) is 8.83. The van der Waals surface area contributed by atoms with Crippen molar-refractivity contribution in [2.24, 2.45) is 0 Å². The molecule has 2 heterocycles. The molecule has 0 bridgehead atoms. The summed E-state index contributed by atoms with van der Waals surface area (Å²) < 4.78 is 13.9. The average molecular weight is 331 g/mol. The topological polar surface area (TPSA) is 26.8 Å². The number of piperazine rings is 1. The fraction of sp³-hybridized carbons (Fsp3) is 0.526. The Labute approximate surface area is 143 Å². The van der Waals surface area contributed by atoms with Gasteiger partial charge in [-0.05, 0) is 25.0 Å². The zero-order valence-electron chi connectivity index (χ0n) is 14.2. The molecular formula is C19H26FN3O. The van der Waals surface area contributed by atoms with Gasteiger partial charge in [0.1, 0.15) is 5.82 Å². The van der Waals surface area contributed by atoms with Crippen molar-refractivity contribution in [3.05, 3.63) is 42.7 Å². The summed E-state index contributed by atoms with van der Waals surface area (Å²) in [6, 6.07) is 7.41. The molecule has 0 N–H and O–H groups in total. The van der Waals surface area contributed by atoms with Crippen molar-refractivity contribution in [3.8, 4) is 0 Å². The smallest absolute Gasteiger partial charge is 0.226 e. The third-order valence-electron chi connectivity index (χ3n) is 5.09. The van der Waals surface area contributed by atoms with Crippen molar-refractivity contribution in [1.29, 1.82) is 0 Å². The Hall–Kier alpha value is -1.88. The molecule has 0 spiro atoms.